The molecule has 1 amide bonds. The van der Waals surface area contributed by atoms with Crippen LogP contribution in [0.2, 0.25) is 10.0 Å². The van der Waals surface area contributed by atoms with Crippen molar-refractivity contribution in [3.63, 3.8) is 0 Å². The zero-order valence-electron chi connectivity index (χ0n) is 10.5. The van der Waals surface area contributed by atoms with Crippen LogP contribution in [-0.4, -0.2) is 17.3 Å². The van der Waals surface area contributed by atoms with E-state index in [0.29, 0.717) is 32.9 Å². The number of hydrogen-bond acceptors (Lipinski definition) is 1. The Labute approximate surface area is 132 Å². The molecule has 1 aromatic carbocycles. The van der Waals surface area contributed by atoms with E-state index in [1.165, 1.54) is 19.3 Å². The van der Waals surface area contributed by atoms with Crippen LogP contribution < -0.4 is 5.32 Å². The number of benzene rings is 1. The summed E-state index contributed by atoms with van der Waals surface area (Å²) in [5, 5.41) is 3.73. The van der Waals surface area contributed by atoms with Gasteiger partial charge in [-0.15, -0.1) is 0 Å². The van der Waals surface area contributed by atoms with Crippen molar-refractivity contribution < 1.29 is 4.79 Å². The summed E-state index contributed by atoms with van der Waals surface area (Å²) < 4.78 is 0. The molecule has 0 saturated heterocycles. The fourth-order valence-electron chi connectivity index (χ4n) is 2.45. The van der Waals surface area contributed by atoms with E-state index in [0.717, 1.165) is 6.42 Å². The molecule has 0 bridgehead atoms. The fourth-order valence-corrected chi connectivity index (χ4v) is 3.87. The Morgan fingerprint density at radius 1 is 1.32 bits per heavy atom. The minimum Gasteiger partial charge on any atom is -0.352 e. The Morgan fingerprint density at radius 2 is 2.00 bits per heavy atom. The second-order valence-corrected chi connectivity index (χ2v) is 7.05. The number of amides is 1. The van der Waals surface area contributed by atoms with Gasteiger partial charge in [0.15, 0.2) is 0 Å². The Bertz CT molecular complexity index is 447. The highest BCUT2D eigenvalue weighted by Gasteiger charge is 2.21. The third kappa shape index (κ3) is 4.11. The molecule has 0 heterocycles. The van der Waals surface area contributed by atoms with E-state index < -0.39 is 0 Å². The van der Waals surface area contributed by atoms with Crippen molar-refractivity contribution in [1.29, 1.82) is 0 Å². The smallest absolute Gasteiger partial charge is 0.254 e. The lowest BCUT2D eigenvalue weighted by Crippen LogP contribution is -2.32. The molecule has 1 fully saturated rings. The second-order valence-electron chi connectivity index (χ2n) is 4.94. The zero-order chi connectivity index (χ0) is 13.8. The quantitative estimate of drug-likeness (QED) is 0.775. The van der Waals surface area contributed by atoms with Crippen molar-refractivity contribution in [2.75, 3.05) is 6.54 Å². The molecule has 0 radical (unpaired) electrons. The molecule has 1 saturated carbocycles. The molecule has 104 valence electrons. The predicted molar refractivity (Wildman–Crippen MR) is 83.5 cm³/mol. The number of carbonyl (C=O) groups is 1. The lowest BCUT2D eigenvalue weighted by Gasteiger charge is -2.25. The van der Waals surface area contributed by atoms with Crippen LogP contribution >= 0.6 is 39.1 Å². The zero-order valence-corrected chi connectivity index (χ0v) is 13.6. The number of nitrogens with one attached hydrogen (secondary N) is 1. The van der Waals surface area contributed by atoms with Crippen molar-refractivity contribution in [2.24, 2.45) is 5.92 Å². The maximum Gasteiger partial charge on any atom is 0.254 e. The molecular formula is C14H16BrCl2NO. The van der Waals surface area contributed by atoms with Crippen LogP contribution in [0.4, 0.5) is 0 Å². The van der Waals surface area contributed by atoms with Crippen LogP contribution in [0.1, 0.15) is 36.0 Å². The SMILES string of the molecule is O=C(NCC1CCCC(Br)C1)c1c(Cl)cccc1Cl. The van der Waals surface area contributed by atoms with Gasteiger partial charge >= 0.3 is 0 Å². The van der Waals surface area contributed by atoms with Crippen LogP contribution in [0.5, 0.6) is 0 Å². The predicted octanol–water partition coefficient (Wildman–Crippen LogP) is 4.68. The van der Waals surface area contributed by atoms with Crippen LogP contribution in [0, 0.1) is 5.92 Å². The number of rotatable bonds is 3. The highest BCUT2D eigenvalue weighted by molar-refractivity contribution is 9.09. The summed E-state index contributed by atoms with van der Waals surface area (Å²) in [6.07, 6.45) is 4.71. The molecule has 1 aliphatic rings. The highest BCUT2D eigenvalue weighted by Crippen LogP contribution is 2.29. The molecular weight excluding hydrogens is 349 g/mol. The molecule has 0 spiro atoms. The first kappa shape index (κ1) is 15.1. The minimum absolute atomic E-state index is 0.188. The van der Waals surface area contributed by atoms with E-state index in [1.807, 2.05) is 0 Å². The van der Waals surface area contributed by atoms with Crippen LogP contribution in [0.25, 0.3) is 0 Å². The number of carbonyl (C=O) groups excluding carboxylic acids is 1. The van der Waals surface area contributed by atoms with Crippen molar-refractivity contribution >= 4 is 45.0 Å². The summed E-state index contributed by atoms with van der Waals surface area (Å²) >= 11 is 15.7. The molecule has 2 rings (SSSR count). The Kier molecular flexibility index (Phi) is 5.55. The Hall–Kier alpha value is -0.250. The summed E-state index contributed by atoms with van der Waals surface area (Å²) in [6, 6.07) is 5.09. The van der Waals surface area contributed by atoms with Crippen LogP contribution in [0.15, 0.2) is 18.2 Å². The molecule has 2 nitrogen and oxygen atoms in total. The molecule has 0 aromatic heterocycles. The second kappa shape index (κ2) is 6.96. The van der Waals surface area contributed by atoms with Gasteiger partial charge in [-0.1, -0.05) is 51.6 Å². The van der Waals surface area contributed by atoms with Gasteiger partial charge in [0.05, 0.1) is 15.6 Å². The summed E-state index contributed by atoms with van der Waals surface area (Å²) in [5.74, 6) is 0.343. The first-order chi connectivity index (χ1) is 9.08. The molecule has 5 heteroatoms. The minimum atomic E-state index is -0.188. The maximum absolute atomic E-state index is 12.1. The van der Waals surface area contributed by atoms with E-state index in [9.17, 15) is 4.79 Å². The van der Waals surface area contributed by atoms with E-state index >= 15 is 0 Å². The molecule has 1 N–H and O–H groups in total. The first-order valence-electron chi connectivity index (χ1n) is 6.44. The van der Waals surface area contributed by atoms with Gasteiger partial charge in [0.2, 0.25) is 0 Å². The number of alkyl halides is 1. The van der Waals surface area contributed by atoms with E-state index in [4.69, 9.17) is 23.2 Å². The normalized spacial score (nSPS) is 23.1. The third-order valence-electron chi connectivity index (χ3n) is 3.46. The van der Waals surface area contributed by atoms with E-state index in [1.54, 1.807) is 18.2 Å². The largest absolute Gasteiger partial charge is 0.352 e. The summed E-state index contributed by atoms with van der Waals surface area (Å²) in [5.41, 5.74) is 0.372. The Balaban J connectivity index is 1.94. The topological polar surface area (TPSA) is 29.1 Å². The van der Waals surface area contributed by atoms with E-state index in [-0.39, 0.29) is 5.91 Å². The summed E-state index contributed by atoms with van der Waals surface area (Å²) in [6.45, 7) is 0.683. The highest BCUT2D eigenvalue weighted by atomic mass is 79.9. The molecule has 2 unspecified atom stereocenters. The van der Waals surface area contributed by atoms with E-state index in [2.05, 4.69) is 21.2 Å². The monoisotopic (exact) mass is 363 g/mol. The number of halogens is 3. The van der Waals surface area contributed by atoms with Crippen molar-refractivity contribution in [2.45, 2.75) is 30.5 Å². The summed E-state index contributed by atoms with van der Waals surface area (Å²) in [4.78, 5) is 12.7. The number of hydrogen-bond donors (Lipinski definition) is 1. The van der Waals surface area contributed by atoms with Gasteiger partial charge in [-0.2, -0.15) is 0 Å². The van der Waals surface area contributed by atoms with Gasteiger partial charge in [-0.3, -0.25) is 4.79 Å². The molecule has 0 aliphatic heterocycles. The standard InChI is InChI=1S/C14H16BrCl2NO/c15-10-4-1-3-9(7-10)8-18-14(19)13-11(16)5-2-6-12(13)17/h2,5-6,9-10H,1,3-4,7-8H2,(H,18,19). The average molecular weight is 365 g/mol. The van der Waals surface area contributed by atoms with Gasteiger partial charge in [0.25, 0.3) is 5.91 Å². The van der Waals surface area contributed by atoms with Crippen molar-refractivity contribution in [1.82, 2.24) is 5.32 Å². The van der Waals surface area contributed by atoms with Gasteiger partial charge in [-0.25, -0.2) is 0 Å². The van der Waals surface area contributed by atoms with Crippen LogP contribution in [0.3, 0.4) is 0 Å². The third-order valence-corrected chi connectivity index (χ3v) is 4.92. The molecule has 19 heavy (non-hydrogen) atoms. The van der Waals surface area contributed by atoms with Crippen LogP contribution in [-0.2, 0) is 0 Å². The van der Waals surface area contributed by atoms with Gasteiger partial charge < -0.3 is 5.32 Å². The molecule has 1 aliphatic carbocycles. The van der Waals surface area contributed by atoms with Crippen molar-refractivity contribution in [3.05, 3.63) is 33.8 Å². The maximum atomic E-state index is 12.1. The summed E-state index contributed by atoms with van der Waals surface area (Å²) in [7, 11) is 0. The van der Waals surface area contributed by atoms with Crippen molar-refractivity contribution in [3.8, 4) is 0 Å². The fraction of sp³-hybridized carbons (Fsp3) is 0.500. The van der Waals surface area contributed by atoms with Gasteiger partial charge in [0.1, 0.15) is 0 Å². The lowest BCUT2D eigenvalue weighted by molar-refractivity contribution is 0.0944. The molecule has 2 atom stereocenters. The average Bonchev–Trinajstić information content (AvgIpc) is 2.36. The van der Waals surface area contributed by atoms with Gasteiger partial charge in [0, 0.05) is 11.4 Å². The Morgan fingerprint density at radius 3 is 2.63 bits per heavy atom. The molecule has 1 aromatic rings. The first-order valence-corrected chi connectivity index (χ1v) is 8.11. The lowest BCUT2D eigenvalue weighted by atomic mass is 9.89. The van der Waals surface area contributed by atoms with Gasteiger partial charge in [-0.05, 0) is 37.3 Å².